The average Bonchev–Trinajstić information content (AvgIpc) is 3.18. The monoisotopic (exact) mass is 777 g/mol. The number of carbonyl (C=O) groups is 2. The smallest absolute Gasteiger partial charge is 0.306 e. The highest BCUT2D eigenvalue weighted by Gasteiger charge is 2.44. The summed E-state index contributed by atoms with van der Waals surface area (Å²) in [6, 6.07) is 0. The number of esters is 2. The van der Waals surface area contributed by atoms with Gasteiger partial charge in [-0.25, -0.2) is 0 Å². The van der Waals surface area contributed by atoms with Crippen LogP contribution in [-0.4, -0.2) is 89.0 Å². The van der Waals surface area contributed by atoms with E-state index in [0.717, 1.165) is 64.2 Å². The van der Waals surface area contributed by atoms with Crippen LogP contribution >= 0.6 is 0 Å². The molecule has 4 N–H and O–H groups in total. The van der Waals surface area contributed by atoms with Crippen LogP contribution < -0.4 is 0 Å². The second-order valence-corrected chi connectivity index (χ2v) is 14.5. The Morgan fingerprint density at radius 1 is 0.582 bits per heavy atom. The van der Waals surface area contributed by atoms with E-state index in [1.165, 1.54) is 51.4 Å². The molecule has 0 aromatic heterocycles. The van der Waals surface area contributed by atoms with E-state index in [0.29, 0.717) is 12.8 Å². The molecule has 2 unspecified atom stereocenters. The van der Waals surface area contributed by atoms with Crippen molar-refractivity contribution in [3.05, 3.63) is 60.8 Å². The summed E-state index contributed by atoms with van der Waals surface area (Å²) in [5, 5.41) is 40.0. The summed E-state index contributed by atoms with van der Waals surface area (Å²) in [4.78, 5) is 25.3. The van der Waals surface area contributed by atoms with Gasteiger partial charge in [-0.2, -0.15) is 0 Å². The minimum absolute atomic E-state index is 0.217. The van der Waals surface area contributed by atoms with Gasteiger partial charge in [-0.3, -0.25) is 9.59 Å². The summed E-state index contributed by atoms with van der Waals surface area (Å²) in [6.45, 7) is 3.23. The van der Waals surface area contributed by atoms with E-state index in [4.69, 9.17) is 18.9 Å². The summed E-state index contributed by atoms with van der Waals surface area (Å²) < 4.78 is 22.1. The van der Waals surface area contributed by atoms with Crippen molar-refractivity contribution in [2.75, 3.05) is 19.8 Å². The molecule has 0 radical (unpaired) electrons. The third-order valence-electron chi connectivity index (χ3n) is 9.48. The highest BCUT2D eigenvalue weighted by Crippen LogP contribution is 2.22. The molecule has 1 fully saturated rings. The lowest BCUT2D eigenvalue weighted by Gasteiger charge is -2.39. The zero-order chi connectivity index (χ0) is 40.2. The molecule has 0 aromatic carbocycles. The van der Waals surface area contributed by atoms with Crippen molar-refractivity contribution in [2.24, 2.45) is 0 Å². The zero-order valence-electron chi connectivity index (χ0n) is 34.2. The highest BCUT2D eigenvalue weighted by atomic mass is 16.7. The predicted octanol–water partition coefficient (Wildman–Crippen LogP) is 8.66. The number of hydrogen-bond donors (Lipinski definition) is 4. The minimum Gasteiger partial charge on any atom is -0.462 e. The third kappa shape index (κ3) is 27.6. The number of carbonyl (C=O) groups excluding carboxylic acids is 2. The molecule has 0 amide bonds. The maximum absolute atomic E-state index is 12.7. The van der Waals surface area contributed by atoms with Gasteiger partial charge in [-0.1, -0.05) is 145 Å². The first-order valence-electron chi connectivity index (χ1n) is 21.4. The van der Waals surface area contributed by atoms with E-state index in [2.05, 4.69) is 44.2 Å². The molecule has 6 atom stereocenters. The molecule has 10 nitrogen and oxygen atoms in total. The Morgan fingerprint density at radius 3 is 1.67 bits per heavy atom. The highest BCUT2D eigenvalue weighted by molar-refractivity contribution is 5.70. The van der Waals surface area contributed by atoms with Gasteiger partial charge in [-0.05, 0) is 57.8 Å². The molecule has 1 aliphatic rings. The summed E-state index contributed by atoms with van der Waals surface area (Å²) in [7, 11) is 0. The number of unbranched alkanes of at least 4 members (excludes halogenated alkanes) is 16. The van der Waals surface area contributed by atoms with Gasteiger partial charge in [-0.15, -0.1) is 0 Å². The Balaban J connectivity index is 2.38. The summed E-state index contributed by atoms with van der Waals surface area (Å²) in [5.41, 5.74) is 0. The number of rotatable bonds is 34. The van der Waals surface area contributed by atoms with Crippen molar-refractivity contribution in [3.8, 4) is 0 Å². The van der Waals surface area contributed by atoms with Gasteiger partial charge in [0.25, 0.3) is 0 Å². The zero-order valence-corrected chi connectivity index (χ0v) is 34.2. The van der Waals surface area contributed by atoms with Crippen molar-refractivity contribution in [3.63, 3.8) is 0 Å². The van der Waals surface area contributed by atoms with Gasteiger partial charge in [0.15, 0.2) is 12.4 Å². The van der Waals surface area contributed by atoms with E-state index >= 15 is 0 Å². The minimum atomic E-state index is -1.60. The SMILES string of the molecule is CC/C=C/C=C/C=C/C=C/CCCCCCCC(=O)OC[C@@H](CO[C@H]1O[C@@H](CO)[C@@H](O)C(O)C1O)OC(=O)CCCCCCCCC/C=C/CCCCCC. The number of hydrogen-bond acceptors (Lipinski definition) is 10. The first kappa shape index (κ1) is 50.4. The number of aliphatic hydroxyl groups excluding tert-OH is 4. The van der Waals surface area contributed by atoms with Gasteiger partial charge in [0.05, 0.1) is 13.2 Å². The van der Waals surface area contributed by atoms with E-state index < -0.39 is 55.4 Å². The fraction of sp³-hybridized carbons (Fsp3) is 0.733. The Bertz CT molecular complexity index is 1080. The maximum atomic E-state index is 12.7. The normalized spacial score (nSPS) is 21.2. The Hall–Kier alpha value is -2.60. The van der Waals surface area contributed by atoms with Gasteiger partial charge in [0.2, 0.25) is 0 Å². The fourth-order valence-corrected chi connectivity index (χ4v) is 6.07. The van der Waals surface area contributed by atoms with Crippen LogP contribution in [0.1, 0.15) is 155 Å². The van der Waals surface area contributed by atoms with E-state index in [9.17, 15) is 30.0 Å². The van der Waals surface area contributed by atoms with Crippen LogP contribution in [0.25, 0.3) is 0 Å². The lowest BCUT2D eigenvalue weighted by molar-refractivity contribution is -0.305. The molecule has 10 heteroatoms. The van der Waals surface area contributed by atoms with Crippen molar-refractivity contribution >= 4 is 11.9 Å². The van der Waals surface area contributed by atoms with Crippen LogP contribution in [0.5, 0.6) is 0 Å². The summed E-state index contributed by atoms with van der Waals surface area (Å²) >= 11 is 0. The second-order valence-electron chi connectivity index (χ2n) is 14.5. The standard InChI is InChI=1S/C45H76O10/c1-3-5-7-9-11-13-15-17-19-21-23-25-27-29-31-33-40(47)52-36-38(37-53-45-44(51)43(50)42(49)39(35-46)55-45)54-41(48)34-32-30-28-26-24-22-20-18-16-14-12-10-8-6-4-2/h5,7,9,11,13-17,19,38-39,42-46,49-51H,3-4,6,8,10,12,18,20-37H2,1-2H3/b7-5+,11-9+,15-13+,16-14+,19-17+/t38-,39-,42+,43?,44?,45-/m0/s1. The molecule has 0 aromatic rings. The average molecular weight is 777 g/mol. The van der Waals surface area contributed by atoms with E-state index in [1.54, 1.807) is 0 Å². The van der Waals surface area contributed by atoms with Crippen LogP contribution in [0.3, 0.4) is 0 Å². The molecule has 0 saturated carbocycles. The van der Waals surface area contributed by atoms with Gasteiger partial charge in [0.1, 0.15) is 31.0 Å². The van der Waals surface area contributed by atoms with Crippen LogP contribution in [0.4, 0.5) is 0 Å². The quantitative estimate of drug-likeness (QED) is 0.0216. The Morgan fingerprint density at radius 2 is 1.09 bits per heavy atom. The van der Waals surface area contributed by atoms with Gasteiger partial charge >= 0.3 is 11.9 Å². The lowest BCUT2D eigenvalue weighted by atomic mass is 9.99. The molecular weight excluding hydrogens is 700 g/mol. The lowest BCUT2D eigenvalue weighted by Crippen LogP contribution is -2.59. The van der Waals surface area contributed by atoms with Crippen LogP contribution in [0.15, 0.2) is 60.8 Å². The molecule has 1 saturated heterocycles. The molecule has 1 heterocycles. The van der Waals surface area contributed by atoms with Crippen LogP contribution in [0.2, 0.25) is 0 Å². The fourth-order valence-electron chi connectivity index (χ4n) is 6.07. The molecule has 0 bridgehead atoms. The van der Waals surface area contributed by atoms with Gasteiger partial charge in [0, 0.05) is 12.8 Å². The maximum Gasteiger partial charge on any atom is 0.306 e. The third-order valence-corrected chi connectivity index (χ3v) is 9.48. The Kier molecular flexibility index (Phi) is 32.8. The summed E-state index contributed by atoms with van der Waals surface area (Å²) in [5.74, 6) is -0.844. The molecule has 1 rings (SSSR count). The molecule has 0 spiro atoms. The van der Waals surface area contributed by atoms with Crippen LogP contribution in [-0.2, 0) is 28.5 Å². The first-order valence-corrected chi connectivity index (χ1v) is 21.4. The van der Waals surface area contributed by atoms with Crippen molar-refractivity contribution in [2.45, 2.75) is 192 Å². The molecule has 55 heavy (non-hydrogen) atoms. The van der Waals surface area contributed by atoms with Crippen molar-refractivity contribution in [1.82, 2.24) is 0 Å². The Labute approximate surface area is 332 Å². The largest absolute Gasteiger partial charge is 0.462 e. The van der Waals surface area contributed by atoms with Crippen molar-refractivity contribution < 1.29 is 49.0 Å². The van der Waals surface area contributed by atoms with Gasteiger partial charge < -0.3 is 39.4 Å². The molecule has 1 aliphatic heterocycles. The molecule has 316 valence electrons. The molecular formula is C45H76O10. The van der Waals surface area contributed by atoms with E-state index in [1.807, 2.05) is 30.4 Å². The second kappa shape index (κ2) is 35.8. The predicted molar refractivity (Wildman–Crippen MR) is 219 cm³/mol. The number of allylic oxidation sites excluding steroid dienone is 10. The first-order chi connectivity index (χ1) is 26.8. The van der Waals surface area contributed by atoms with E-state index in [-0.39, 0.29) is 26.1 Å². The molecule has 0 aliphatic carbocycles. The van der Waals surface area contributed by atoms with Crippen molar-refractivity contribution in [1.29, 1.82) is 0 Å². The number of ether oxygens (including phenoxy) is 4. The number of aliphatic hydroxyl groups is 4. The topological polar surface area (TPSA) is 152 Å². The summed E-state index contributed by atoms with van der Waals surface area (Å²) in [6.07, 6.45) is 35.1. The van der Waals surface area contributed by atoms with Crippen LogP contribution in [0, 0.1) is 0 Å².